The topological polar surface area (TPSA) is 52.6 Å². The fraction of sp³-hybridized carbons (Fsp3) is 0.167. The van der Waals surface area contributed by atoms with Crippen molar-refractivity contribution < 1.29 is 19.1 Å². The van der Waals surface area contributed by atoms with Crippen LogP contribution in [0.3, 0.4) is 0 Å². The average Bonchev–Trinajstić information content (AvgIpc) is 2.33. The zero-order valence-corrected chi connectivity index (χ0v) is 11.4. The highest BCUT2D eigenvalue weighted by Crippen LogP contribution is 2.38. The molecule has 2 rings (SSSR count). The Kier molecular flexibility index (Phi) is 3.19. The summed E-state index contributed by atoms with van der Waals surface area (Å²) >= 11 is 1.99. The Hall–Kier alpha value is -1.37. The fourth-order valence-electron chi connectivity index (χ4n) is 1.71. The van der Waals surface area contributed by atoms with Crippen LogP contribution in [-0.2, 0) is 0 Å². The number of fused-ring (bicyclic) bond motifs is 1. The number of hydrogen-bond acceptors (Lipinski definition) is 4. The molecule has 1 aliphatic rings. The van der Waals surface area contributed by atoms with Gasteiger partial charge < -0.3 is 9.47 Å². The lowest BCUT2D eigenvalue weighted by molar-refractivity contribution is 0.0992. The van der Waals surface area contributed by atoms with E-state index in [4.69, 9.17) is 9.47 Å². The van der Waals surface area contributed by atoms with Gasteiger partial charge in [-0.25, -0.2) is 0 Å². The molecule has 0 radical (unpaired) electrons. The number of methoxy groups -OCH3 is 2. The normalized spacial score (nSPS) is 13.6. The Bertz CT molecular complexity index is 546. The molecule has 0 aromatic heterocycles. The molecule has 0 spiro atoms. The maximum Gasteiger partial charge on any atom is 0.187 e. The molecule has 1 aliphatic carbocycles. The summed E-state index contributed by atoms with van der Waals surface area (Å²) in [5.41, 5.74) is 0.746. The maximum atomic E-state index is 11.8. The second-order valence-corrected chi connectivity index (χ2v) is 4.49. The highest BCUT2D eigenvalue weighted by molar-refractivity contribution is 14.1. The van der Waals surface area contributed by atoms with Gasteiger partial charge in [-0.15, -0.1) is 0 Å². The summed E-state index contributed by atoms with van der Waals surface area (Å²) in [6.45, 7) is 0. The summed E-state index contributed by atoms with van der Waals surface area (Å²) < 4.78 is 10.9. The first-order chi connectivity index (χ1) is 8.10. The van der Waals surface area contributed by atoms with Gasteiger partial charge in [0.05, 0.1) is 23.4 Å². The molecular weight excluding hydrogens is 335 g/mol. The quantitative estimate of drug-likeness (QED) is 0.773. The number of benzene rings is 1. The molecule has 0 unspecified atom stereocenters. The zero-order valence-electron chi connectivity index (χ0n) is 9.24. The molecule has 0 bridgehead atoms. The van der Waals surface area contributed by atoms with Crippen molar-refractivity contribution >= 4 is 34.2 Å². The second-order valence-electron chi connectivity index (χ2n) is 3.41. The average molecular weight is 344 g/mol. The van der Waals surface area contributed by atoms with Crippen molar-refractivity contribution in [2.24, 2.45) is 0 Å². The highest BCUT2D eigenvalue weighted by atomic mass is 127. The Morgan fingerprint density at radius 1 is 1.06 bits per heavy atom. The lowest BCUT2D eigenvalue weighted by Crippen LogP contribution is -2.14. The SMILES string of the molecule is COc1cc2c(c(I)c1OC)C(=O)C=CC2=O. The largest absolute Gasteiger partial charge is 0.493 e. The van der Waals surface area contributed by atoms with E-state index in [9.17, 15) is 9.59 Å². The van der Waals surface area contributed by atoms with Gasteiger partial charge in [-0.1, -0.05) is 0 Å². The van der Waals surface area contributed by atoms with Crippen LogP contribution < -0.4 is 9.47 Å². The Labute approximate surface area is 112 Å². The van der Waals surface area contributed by atoms with Crippen LogP contribution in [0, 0.1) is 3.57 Å². The smallest absolute Gasteiger partial charge is 0.187 e. The van der Waals surface area contributed by atoms with Gasteiger partial charge in [0.25, 0.3) is 0 Å². The van der Waals surface area contributed by atoms with Crippen molar-refractivity contribution in [3.63, 3.8) is 0 Å². The second kappa shape index (κ2) is 4.48. The zero-order chi connectivity index (χ0) is 12.6. The van der Waals surface area contributed by atoms with Gasteiger partial charge in [0.1, 0.15) is 0 Å². The Balaban J connectivity index is 2.78. The molecule has 17 heavy (non-hydrogen) atoms. The molecule has 88 valence electrons. The third-order valence-corrected chi connectivity index (χ3v) is 3.54. The van der Waals surface area contributed by atoms with Crippen LogP contribution in [0.5, 0.6) is 11.5 Å². The van der Waals surface area contributed by atoms with Crippen LogP contribution in [0.2, 0.25) is 0 Å². The number of rotatable bonds is 2. The lowest BCUT2D eigenvalue weighted by atomic mass is 9.94. The summed E-state index contributed by atoms with van der Waals surface area (Å²) in [7, 11) is 2.99. The first-order valence-corrected chi connectivity index (χ1v) is 5.89. The molecule has 1 aromatic carbocycles. The van der Waals surface area contributed by atoms with E-state index in [0.717, 1.165) is 0 Å². The van der Waals surface area contributed by atoms with E-state index in [1.54, 1.807) is 6.07 Å². The van der Waals surface area contributed by atoms with Crippen molar-refractivity contribution in [1.82, 2.24) is 0 Å². The van der Waals surface area contributed by atoms with Crippen molar-refractivity contribution in [3.8, 4) is 11.5 Å². The number of carbonyl (C=O) groups is 2. The Morgan fingerprint density at radius 3 is 2.29 bits per heavy atom. The van der Waals surface area contributed by atoms with Crippen LogP contribution in [0.1, 0.15) is 20.7 Å². The predicted octanol–water partition coefficient (Wildman–Crippen LogP) is 2.24. The van der Waals surface area contributed by atoms with E-state index in [-0.39, 0.29) is 11.6 Å². The van der Waals surface area contributed by atoms with Gasteiger partial charge in [0.2, 0.25) is 0 Å². The van der Waals surface area contributed by atoms with E-state index in [1.165, 1.54) is 26.4 Å². The minimum Gasteiger partial charge on any atom is -0.493 e. The third kappa shape index (κ3) is 1.84. The number of hydrogen-bond donors (Lipinski definition) is 0. The van der Waals surface area contributed by atoms with Gasteiger partial charge in [-0.3, -0.25) is 9.59 Å². The van der Waals surface area contributed by atoms with Crippen LogP contribution in [-0.4, -0.2) is 25.8 Å². The summed E-state index contributed by atoms with van der Waals surface area (Å²) in [5, 5.41) is 0. The molecular formula is C12H9IO4. The van der Waals surface area contributed by atoms with Crippen LogP contribution in [0.4, 0.5) is 0 Å². The molecule has 0 atom stereocenters. The molecule has 0 aliphatic heterocycles. The van der Waals surface area contributed by atoms with Crippen LogP contribution in [0.25, 0.3) is 0 Å². The fourth-order valence-corrected chi connectivity index (χ4v) is 2.75. The molecule has 0 fully saturated rings. The number of halogens is 1. The minimum absolute atomic E-state index is 0.190. The Morgan fingerprint density at radius 2 is 1.71 bits per heavy atom. The first kappa shape index (κ1) is 12.1. The van der Waals surface area contributed by atoms with Gasteiger partial charge in [-0.05, 0) is 40.8 Å². The van der Waals surface area contributed by atoms with Crippen molar-refractivity contribution in [2.45, 2.75) is 0 Å². The van der Waals surface area contributed by atoms with E-state index in [2.05, 4.69) is 0 Å². The van der Waals surface area contributed by atoms with Crippen molar-refractivity contribution in [2.75, 3.05) is 14.2 Å². The standard InChI is InChI=1S/C12H9IO4/c1-16-9-5-6-7(14)3-4-8(15)10(6)11(13)12(9)17-2/h3-5H,1-2H3. The highest BCUT2D eigenvalue weighted by Gasteiger charge is 2.26. The number of allylic oxidation sites excluding steroid dienone is 2. The summed E-state index contributed by atoms with van der Waals surface area (Å²) in [4.78, 5) is 23.5. The summed E-state index contributed by atoms with van der Waals surface area (Å²) in [6, 6.07) is 1.54. The molecule has 1 aromatic rings. The molecule has 0 heterocycles. The molecule has 0 amide bonds. The van der Waals surface area contributed by atoms with E-state index in [1.807, 2.05) is 22.6 Å². The van der Waals surface area contributed by atoms with Gasteiger partial charge in [-0.2, -0.15) is 0 Å². The van der Waals surface area contributed by atoms with Crippen molar-refractivity contribution in [1.29, 1.82) is 0 Å². The summed E-state index contributed by atoms with van der Waals surface area (Å²) in [6.07, 6.45) is 2.55. The van der Waals surface area contributed by atoms with Gasteiger partial charge in [0, 0.05) is 5.56 Å². The minimum atomic E-state index is -0.196. The summed E-state index contributed by atoms with van der Waals surface area (Å²) in [5.74, 6) is 0.541. The lowest BCUT2D eigenvalue weighted by Gasteiger charge is -2.16. The number of ether oxygens (including phenoxy) is 2. The molecule has 0 N–H and O–H groups in total. The third-order valence-electron chi connectivity index (χ3n) is 2.51. The number of ketones is 2. The number of carbonyl (C=O) groups excluding carboxylic acids is 2. The van der Waals surface area contributed by atoms with Gasteiger partial charge in [0.15, 0.2) is 23.1 Å². The van der Waals surface area contributed by atoms with E-state index < -0.39 is 0 Å². The van der Waals surface area contributed by atoms with Crippen LogP contribution in [0.15, 0.2) is 18.2 Å². The van der Waals surface area contributed by atoms with Crippen LogP contribution >= 0.6 is 22.6 Å². The predicted molar refractivity (Wildman–Crippen MR) is 70.1 cm³/mol. The van der Waals surface area contributed by atoms with E-state index >= 15 is 0 Å². The van der Waals surface area contributed by atoms with Gasteiger partial charge >= 0.3 is 0 Å². The monoisotopic (exact) mass is 344 g/mol. The maximum absolute atomic E-state index is 11.8. The van der Waals surface area contributed by atoms with E-state index in [0.29, 0.717) is 26.2 Å². The van der Waals surface area contributed by atoms with Crippen molar-refractivity contribution in [3.05, 3.63) is 32.9 Å². The molecule has 0 saturated carbocycles. The molecule has 5 heteroatoms. The molecule has 0 saturated heterocycles. The molecule has 4 nitrogen and oxygen atoms in total. The first-order valence-electron chi connectivity index (χ1n) is 4.81.